The maximum Gasteiger partial charge on any atom is 0.333 e. The molecule has 164 valence electrons. The summed E-state index contributed by atoms with van der Waals surface area (Å²) in [4.78, 5) is 37.2. The summed E-state index contributed by atoms with van der Waals surface area (Å²) in [6, 6.07) is 3.04. The van der Waals surface area contributed by atoms with Crippen LogP contribution in [0.5, 0.6) is 0 Å². The number of anilines is 1. The molecule has 10 nitrogen and oxygen atoms in total. The summed E-state index contributed by atoms with van der Waals surface area (Å²) in [6.45, 7) is 4.76. The van der Waals surface area contributed by atoms with Crippen molar-refractivity contribution in [3.05, 3.63) is 30.7 Å². The fourth-order valence-corrected chi connectivity index (χ4v) is 3.00. The lowest BCUT2D eigenvalue weighted by Gasteiger charge is -2.15. The number of carbonyl (C=O) groups excluding carboxylic acids is 2. The quantitative estimate of drug-likeness (QED) is 0.297. The summed E-state index contributed by atoms with van der Waals surface area (Å²) in [7, 11) is 0. The van der Waals surface area contributed by atoms with Crippen molar-refractivity contribution in [2.45, 2.75) is 39.7 Å². The molecule has 0 atom stereocenters. The molecule has 3 aromatic rings. The number of aromatic nitrogens is 5. The van der Waals surface area contributed by atoms with Crippen LogP contribution in [-0.2, 0) is 16.1 Å². The Morgan fingerprint density at radius 2 is 2.03 bits per heavy atom. The summed E-state index contributed by atoms with van der Waals surface area (Å²) >= 11 is 4.27. The van der Waals surface area contributed by atoms with Crippen LogP contribution in [-0.4, -0.2) is 49.9 Å². The molecule has 31 heavy (non-hydrogen) atoms. The lowest BCUT2D eigenvalue weighted by Crippen LogP contribution is -2.35. The lowest BCUT2D eigenvalue weighted by atomic mass is 10.2. The van der Waals surface area contributed by atoms with E-state index in [-0.39, 0.29) is 18.5 Å². The highest BCUT2D eigenvalue weighted by atomic mass is 32.1. The number of nitrogens with one attached hydrogen (secondary N) is 1. The molecule has 0 aliphatic rings. The number of amides is 2. The van der Waals surface area contributed by atoms with Gasteiger partial charge in [-0.3, -0.25) is 14.5 Å². The van der Waals surface area contributed by atoms with E-state index in [9.17, 15) is 9.59 Å². The molecule has 0 fully saturated rings. The maximum atomic E-state index is 12.3. The summed E-state index contributed by atoms with van der Waals surface area (Å²) in [6.07, 6.45) is 7.92. The van der Waals surface area contributed by atoms with E-state index in [1.54, 1.807) is 37.6 Å². The summed E-state index contributed by atoms with van der Waals surface area (Å²) in [5, 5.41) is 6.97. The molecular formula is C20H25N7O3S. The van der Waals surface area contributed by atoms with Crippen LogP contribution >= 0.6 is 12.8 Å². The minimum atomic E-state index is -0.366. The Balaban J connectivity index is 1.75. The highest BCUT2D eigenvalue weighted by Gasteiger charge is 2.15. The number of thiol groups is 1. The number of urea groups is 1. The molecule has 0 radical (unpaired) electrons. The number of fused-ring (bicyclic) bond motifs is 1. The fraction of sp³-hybridized carbons (Fsp3) is 0.400. The zero-order chi connectivity index (χ0) is 22.2. The monoisotopic (exact) mass is 443 g/mol. The molecule has 2 amide bonds. The van der Waals surface area contributed by atoms with Gasteiger partial charge in [-0.15, -0.1) is 0 Å². The number of pyridine rings is 1. The highest BCUT2D eigenvalue weighted by molar-refractivity contribution is 7.82. The molecule has 0 unspecified atom stereocenters. The molecule has 3 aromatic heterocycles. The van der Waals surface area contributed by atoms with Crippen LogP contribution in [0.3, 0.4) is 0 Å². The van der Waals surface area contributed by atoms with Gasteiger partial charge in [-0.25, -0.2) is 19.1 Å². The van der Waals surface area contributed by atoms with E-state index < -0.39 is 0 Å². The maximum absolute atomic E-state index is 12.3. The number of nitrogens with zero attached hydrogens (tertiary/aromatic N) is 6. The van der Waals surface area contributed by atoms with Gasteiger partial charge < -0.3 is 10.1 Å². The number of unbranched alkanes of at least 4 members (excludes halogenated alkanes) is 2. The van der Waals surface area contributed by atoms with Crippen LogP contribution in [0.1, 0.15) is 33.1 Å². The molecule has 0 aliphatic carbocycles. The topological polar surface area (TPSA) is 115 Å². The van der Waals surface area contributed by atoms with E-state index in [1.807, 2.05) is 0 Å². The Labute approximate surface area is 185 Å². The van der Waals surface area contributed by atoms with Crippen molar-refractivity contribution in [1.29, 1.82) is 0 Å². The molecule has 3 heterocycles. The average Bonchev–Trinajstić information content (AvgIpc) is 3.23. The van der Waals surface area contributed by atoms with Gasteiger partial charge in [0, 0.05) is 18.3 Å². The van der Waals surface area contributed by atoms with E-state index in [2.05, 4.69) is 45.1 Å². The lowest BCUT2D eigenvalue weighted by molar-refractivity contribution is -0.144. The van der Waals surface area contributed by atoms with Gasteiger partial charge in [0.25, 0.3) is 0 Å². The molecule has 0 aliphatic heterocycles. The second-order valence-electron chi connectivity index (χ2n) is 6.75. The Bertz CT molecular complexity index is 1060. The first-order valence-electron chi connectivity index (χ1n) is 10.1. The third kappa shape index (κ3) is 5.91. The van der Waals surface area contributed by atoms with Crippen LogP contribution in [0.2, 0.25) is 0 Å². The largest absolute Gasteiger partial charge is 0.465 e. The molecule has 11 heteroatoms. The van der Waals surface area contributed by atoms with Gasteiger partial charge in [0.15, 0.2) is 5.65 Å². The van der Waals surface area contributed by atoms with Crippen LogP contribution in [0, 0.1) is 0 Å². The zero-order valence-corrected chi connectivity index (χ0v) is 18.4. The number of rotatable bonds is 9. The van der Waals surface area contributed by atoms with Crippen LogP contribution in [0.15, 0.2) is 30.7 Å². The summed E-state index contributed by atoms with van der Waals surface area (Å²) in [5.41, 5.74) is 2.17. The Morgan fingerprint density at radius 1 is 1.19 bits per heavy atom. The summed E-state index contributed by atoms with van der Waals surface area (Å²) < 4.78 is 7.55. The predicted octanol–water partition coefficient (Wildman–Crippen LogP) is 3.00. The predicted molar refractivity (Wildman–Crippen MR) is 120 cm³/mol. The third-order valence-corrected chi connectivity index (χ3v) is 4.77. The number of esters is 1. The van der Waals surface area contributed by atoms with Gasteiger partial charge in [-0.05, 0) is 25.5 Å². The fourth-order valence-electron chi connectivity index (χ4n) is 2.82. The zero-order valence-electron chi connectivity index (χ0n) is 17.5. The molecule has 0 aromatic carbocycles. The SMILES string of the molecule is CCCCCNC(=O)N(S)c1ccc2ncc(-c3cnn(CC(=O)OCC)c3)nc2n1. The van der Waals surface area contributed by atoms with Crippen molar-refractivity contribution in [1.82, 2.24) is 30.0 Å². The van der Waals surface area contributed by atoms with Crippen molar-refractivity contribution >= 4 is 41.8 Å². The number of ether oxygens (including phenoxy) is 1. The van der Waals surface area contributed by atoms with Gasteiger partial charge >= 0.3 is 12.0 Å². The molecule has 1 N–H and O–H groups in total. The Hall–Kier alpha value is -3.21. The van der Waals surface area contributed by atoms with Gasteiger partial charge in [0.1, 0.15) is 17.9 Å². The second kappa shape index (κ2) is 10.7. The molecule has 0 saturated heterocycles. The highest BCUT2D eigenvalue weighted by Crippen LogP contribution is 2.21. The molecule has 3 rings (SSSR count). The second-order valence-corrected chi connectivity index (χ2v) is 7.15. The first-order chi connectivity index (χ1) is 15.0. The average molecular weight is 444 g/mol. The van der Waals surface area contributed by atoms with Crippen molar-refractivity contribution in [2.24, 2.45) is 0 Å². The number of carbonyl (C=O) groups is 2. The Kier molecular flexibility index (Phi) is 7.76. The van der Waals surface area contributed by atoms with E-state index >= 15 is 0 Å². The molecule has 0 saturated carbocycles. The van der Waals surface area contributed by atoms with Crippen molar-refractivity contribution in [2.75, 3.05) is 17.5 Å². The van der Waals surface area contributed by atoms with Crippen LogP contribution < -0.4 is 9.62 Å². The smallest absolute Gasteiger partial charge is 0.333 e. The van der Waals surface area contributed by atoms with E-state index in [0.29, 0.717) is 41.4 Å². The first kappa shape index (κ1) is 22.5. The van der Waals surface area contributed by atoms with Gasteiger partial charge in [-0.1, -0.05) is 32.6 Å². The van der Waals surface area contributed by atoms with Crippen LogP contribution in [0.4, 0.5) is 10.6 Å². The molecular weight excluding hydrogens is 418 g/mol. The normalized spacial score (nSPS) is 10.8. The van der Waals surface area contributed by atoms with Gasteiger partial charge in [0.2, 0.25) is 0 Å². The standard InChI is InChI=1S/C20H25N7O3S/c1-3-5-6-9-21-20(29)27(31)17-8-7-15-19(25-17)24-16(11-22-15)14-10-23-26(12-14)13-18(28)30-4-2/h7-8,10-12,31H,3-6,9,13H2,1-2H3,(H,21,29). The number of hydrogen-bond acceptors (Lipinski definition) is 8. The van der Waals surface area contributed by atoms with Gasteiger partial charge in [0.05, 0.1) is 24.7 Å². The van der Waals surface area contributed by atoms with E-state index in [4.69, 9.17) is 4.74 Å². The molecule has 0 spiro atoms. The van der Waals surface area contributed by atoms with Crippen LogP contribution in [0.25, 0.3) is 22.4 Å². The minimum Gasteiger partial charge on any atom is -0.465 e. The minimum absolute atomic E-state index is 0.0131. The Morgan fingerprint density at radius 3 is 2.81 bits per heavy atom. The third-order valence-electron chi connectivity index (χ3n) is 4.38. The van der Waals surface area contributed by atoms with E-state index in [1.165, 1.54) is 4.68 Å². The van der Waals surface area contributed by atoms with E-state index in [0.717, 1.165) is 23.6 Å². The van der Waals surface area contributed by atoms with Crippen molar-refractivity contribution in [3.8, 4) is 11.3 Å². The van der Waals surface area contributed by atoms with Gasteiger partial charge in [-0.2, -0.15) is 5.10 Å². The first-order valence-corrected chi connectivity index (χ1v) is 10.5. The summed E-state index contributed by atoms with van der Waals surface area (Å²) in [5.74, 6) is -0.0248. The van der Waals surface area contributed by atoms with Crippen molar-refractivity contribution < 1.29 is 14.3 Å². The molecule has 0 bridgehead atoms. The van der Waals surface area contributed by atoms with Crippen molar-refractivity contribution in [3.63, 3.8) is 0 Å². The number of hydrogen-bond donors (Lipinski definition) is 2.